The summed E-state index contributed by atoms with van der Waals surface area (Å²) in [6.45, 7) is 6.34. The second kappa shape index (κ2) is 10.3. The van der Waals surface area contributed by atoms with Crippen LogP contribution >= 0.6 is 0 Å². The van der Waals surface area contributed by atoms with Crippen molar-refractivity contribution >= 4 is 18.2 Å². The lowest BCUT2D eigenvalue weighted by Crippen LogP contribution is -2.48. The molecule has 0 aromatic carbocycles. The molecule has 0 saturated heterocycles. The minimum absolute atomic E-state index is 0.170. The zero-order valence-electron chi connectivity index (χ0n) is 18.3. The van der Waals surface area contributed by atoms with Crippen LogP contribution in [0.3, 0.4) is 0 Å². The van der Waals surface area contributed by atoms with E-state index in [1.165, 1.54) is 4.90 Å². The van der Waals surface area contributed by atoms with Gasteiger partial charge in [-0.15, -0.1) is 0 Å². The van der Waals surface area contributed by atoms with Crippen LogP contribution in [0.2, 0.25) is 0 Å². The summed E-state index contributed by atoms with van der Waals surface area (Å²) in [4.78, 5) is 27.2. The maximum absolute atomic E-state index is 13.4. The maximum Gasteiger partial charge on any atom is 0.292 e. The Morgan fingerprint density at radius 3 is 2.78 bits per heavy atom. The molecule has 1 aliphatic rings. The molecule has 9 heteroatoms. The molecule has 2 aromatic heterocycles. The van der Waals surface area contributed by atoms with Crippen molar-refractivity contribution in [3.05, 3.63) is 64.9 Å². The topological polar surface area (TPSA) is 97.6 Å². The van der Waals surface area contributed by atoms with Gasteiger partial charge in [0.1, 0.15) is 6.04 Å². The number of carbonyl (C=O) groups excluding carboxylic acids is 1. The van der Waals surface area contributed by atoms with Gasteiger partial charge in [0, 0.05) is 24.7 Å². The summed E-state index contributed by atoms with van der Waals surface area (Å²) >= 11 is 0. The van der Waals surface area contributed by atoms with Gasteiger partial charge in [0.2, 0.25) is 5.76 Å². The van der Waals surface area contributed by atoms with E-state index in [0.29, 0.717) is 29.9 Å². The van der Waals surface area contributed by atoms with Crippen LogP contribution in [0.15, 0.2) is 57.2 Å². The van der Waals surface area contributed by atoms with Gasteiger partial charge in [0.15, 0.2) is 12.1 Å². The van der Waals surface area contributed by atoms with E-state index in [-0.39, 0.29) is 12.5 Å². The Bertz CT molecular complexity index is 1030. The Morgan fingerprint density at radius 2 is 2.16 bits per heavy atom. The molecule has 1 atom stereocenters. The number of oxazole rings is 1. The second-order valence-electron chi connectivity index (χ2n) is 7.70. The number of pyridine rings is 1. The van der Waals surface area contributed by atoms with Crippen molar-refractivity contribution in [2.75, 3.05) is 6.54 Å². The van der Waals surface area contributed by atoms with Crippen LogP contribution in [-0.4, -0.2) is 39.6 Å². The van der Waals surface area contributed by atoms with Gasteiger partial charge < -0.3 is 15.1 Å². The van der Waals surface area contributed by atoms with Crippen LogP contribution in [0.25, 0.3) is 6.08 Å². The molecule has 3 rings (SSSR count). The van der Waals surface area contributed by atoms with Crippen LogP contribution in [0.1, 0.15) is 62.0 Å². The average Bonchev–Trinajstić information content (AvgIpc) is 3.27. The lowest BCUT2D eigenvalue weighted by Gasteiger charge is -2.38. The van der Waals surface area contributed by atoms with Crippen LogP contribution in [-0.2, 0) is 0 Å². The first kappa shape index (κ1) is 23.3. The molecule has 32 heavy (non-hydrogen) atoms. The third kappa shape index (κ3) is 4.92. The first-order valence-electron chi connectivity index (χ1n) is 10.5. The number of hydrogen-bond acceptors (Lipinski definition) is 6. The highest BCUT2D eigenvalue weighted by Gasteiger charge is 2.38. The minimum atomic E-state index is -2.93. The third-order valence-electron chi connectivity index (χ3n) is 5.21. The minimum Gasteiger partial charge on any atom is -0.438 e. The molecule has 0 fully saturated rings. The number of aromatic nitrogens is 2. The number of halogens is 2. The number of alkyl halides is 2. The van der Waals surface area contributed by atoms with Gasteiger partial charge in [0.05, 0.1) is 11.4 Å². The number of nitrogens with two attached hydrogens (primary N) is 1. The fraction of sp³-hybridized carbons (Fsp3) is 0.391. The number of amides is 1. The first-order chi connectivity index (χ1) is 15.3. The second-order valence-corrected chi connectivity index (χ2v) is 7.70. The Morgan fingerprint density at radius 1 is 1.38 bits per heavy atom. The van der Waals surface area contributed by atoms with Crippen molar-refractivity contribution in [2.24, 2.45) is 16.6 Å². The smallest absolute Gasteiger partial charge is 0.292 e. The molecule has 0 radical (unpaired) electrons. The molecule has 2 aromatic rings. The molecule has 0 aliphatic carbocycles. The monoisotopic (exact) mass is 443 g/mol. The number of hydrogen-bond donors (Lipinski definition) is 1. The van der Waals surface area contributed by atoms with E-state index in [0.717, 1.165) is 12.0 Å². The maximum atomic E-state index is 13.4. The molecule has 1 amide bonds. The molecular formula is C23H27F2N5O2. The molecule has 2 N–H and O–H groups in total. The summed E-state index contributed by atoms with van der Waals surface area (Å²) in [5.74, 6) is -1.02. The predicted molar refractivity (Wildman–Crippen MR) is 118 cm³/mol. The highest BCUT2D eigenvalue weighted by molar-refractivity contribution is 5.93. The standard InChI is InChI=1S/C23H27F2N5O2/c1-4-9-28-18-16(14(2)3)8-11-30(23(31)21-19(22(24)25)29-13-32-21)20(18)17(26)12-15-7-5-6-10-27-15/h5-7,9-10,12-14,20,22H,4,8,11,26H2,1-3H3/b17-12-,28-9?. The number of aliphatic imine (C=N–C) groups is 1. The largest absolute Gasteiger partial charge is 0.438 e. The molecule has 170 valence electrons. The highest BCUT2D eigenvalue weighted by atomic mass is 19.3. The number of nitrogens with zero attached hydrogens (tertiary/aromatic N) is 4. The third-order valence-corrected chi connectivity index (χ3v) is 5.21. The van der Waals surface area contributed by atoms with Gasteiger partial charge in [-0.1, -0.05) is 26.8 Å². The SMILES string of the molecule is CCC=NC1=C(C(C)C)CCN(C(=O)c2ocnc2C(F)F)C1/C(N)=C/c1ccccn1. The van der Waals surface area contributed by atoms with Gasteiger partial charge in [0.25, 0.3) is 12.3 Å². The first-order valence-corrected chi connectivity index (χ1v) is 10.5. The van der Waals surface area contributed by atoms with Crippen molar-refractivity contribution in [1.29, 1.82) is 0 Å². The molecule has 0 saturated carbocycles. The normalized spacial score (nSPS) is 17.8. The number of rotatable bonds is 7. The van der Waals surface area contributed by atoms with E-state index in [4.69, 9.17) is 10.2 Å². The summed E-state index contributed by atoms with van der Waals surface area (Å²) in [6, 6.07) is 4.64. The summed E-state index contributed by atoms with van der Waals surface area (Å²) in [7, 11) is 0. The zero-order chi connectivity index (χ0) is 23.3. The van der Waals surface area contributed by atoms with Crippen molar-refractivity contribution in [3.63, 3.8) is 0 Å². The van der Waals surface area contributed by atoms with Crippen LogP contribution in [0.5, 0.6) is 0 Å². The molecule has 3 heterocycles. The van der Waals surface area contributed by atoms with Gasteiger partial charge >= 0.3 is 0 Å². The highest BCUT2D eigenvalue weighted by Crippen LogP contribution is 2.34. The van der Waals surface area contributed by atoms with Crippen LogP contribution in [0, 0.1) is 5.92 Å². The van der Waals surface area contributed by atoms with Crippen molar-refractivity contribution < 1.29 is 18.0 Å². The van der Waals surface area contributed by atoms with E-state index in [9.17, 15) is 13.6 Å². The van der Waals surface area contributed by atoms with Gasteiger partial charge in [-0.25, -0.2) is 13.8 Å². The molecular weight excluding hydrogens is 416 g/mol. The van der Waals surface area contributed by atoms with E-state index < -0.39 is 29.8 Å². The lowest BCUT2D eigenvalue weighted by atomic mass is 9.88. The van der Waals surface area contributed by atoms with E-state index in [2.05, 4.69) is 28.8 Å². The molecule has 7 nitrogen and oxygen atoms in total. The Kier molecular flexibility index (Phi) is 7.50. The van der Waals surface area contributed by atoms with Crippen molar-refractivity contribution in [3.8, 4) is 0 Å². The molecule has 1 aliphatic heterocycles. The van der Waals surface area contributed by atoms with Gasteiger partial charge in [-0.3, -0.25) is 14.8 Å². The van der Waals surface area contributed by atoms with Crippen molar-refractivity contribution in [1.82, 2.24) is 14.9 Å². The Balaban J connectivity index is 2.13. The lowest BCUT2D eigenvalue weighted by molar-refractivity contribution is 0.0664. The van der Waals surface area contributed by atoms with E-state index >= 15 is 0 Å². The summed E-state index contributed by atoms with van der Waals surface area (Å²) in [6.07, 6.45) is 4.22. The quantitative estimate of drug-likeness (QED) is 0.630. The summed E-state index contributed by atoms with van der Waals surface area (Å²) in [5.41, 5.74) is 8.47. The van der Waals surface area contributed by atoms with Gasteiger partial charge in [-0.05, 0) is 42.5 Å². The van der Waals surface area contributed by atoms with Gasteiger partial charge in [-0.2, -0.15) is 0 Å². The average molecular weight is 443 g/mol. The number of carbonyl (C=O) groups is 1. The van der Waals surface area contributed by atoms with E-state index in [1.54, 1.807) is 30.6 Å². The van der Waals surface area contributed by atoms with Crippen LogP contribution < -0.4 is 5.73 Å². The van der Waals surface area contributed by atoms with Crippen LogP contribution in [0.4, 0.5) is 8.78 Å². The molecule has 1 unspecified atom stereocenters. The molecule has 0 bridgehead atoms. The zero-order valence-corrected chi connectivity index (χ0v) is 18.3. The van der Waals surface area contributed by atoms with E-state index in [1.807, 2.05) is 13.0 Å². The van der Waals surface area contributed by atoms with Crippen molar-refractivity contribution in [2.45, 2.75) is 46.1 Å². The fourth-order valence-corrected chi connectivity index (χ4v) is 3.72. The Hall–Kier alpha value is -3.36. The fourth-order valence-electron chi connectivity index (χ4n) is 3.72. The Labute approximate surface area is 185 Å². The molecule has 0 spiro atoms. The summed E-state index contributed by atoms with van der Waals surface area (Å²) in [5, 5.41) is 0. The predicted octanol–water partition coefficient (Wildman–Crippen LogP) is 4.61. The summed E-state index contributed by atoms with van der Waals surface area (Å²) < 4.78 is 31.8.